The summed E-state index contributed by atoms with van der Waals surface area (Å²) >= 11 is 0. The normalized spacial score (nSPS) is 32.0. The van der Waals surface area contributed by atoms with Crippen LogP contribution >= 0.6 is 0 Å². The van der Waals surface area contributed by atoms with Gasteiger partial charge in [0.05, 0.1) is 6.04 Å². The van der Waals surface area contributed by atoms with Crippen LogP contribution in [0.5, 0.6) is 0 Å². The molecule has 2 atom stereocenters. The van der Waals surface area contributed by atoms with Gasteiger partial charge in [-0.2, -0.15) is 0 Å². The summed E-state index contributed by atoms with van der Waals surface area (Å²) in [6.07, 6.45) is 1.65. The molecule has 0 spiro atoms. The Bertz CT molecular complexity index is 254. The molecule has 1 unspecified atom stereocenters. The van der Waals surface area contributed by atoms with Crippen molar-refractivity contribution in [2.24, 2.45) is 5.73 Å². The van der Waals surface area contributed by atoms with E-state index in [2.05, 4.69) is 11.9 Å². The molecule has 2 rings (SSSR count). The molecule has 0 saturated carbocycles. The molecule has 2 N–H and O–H groups in total. The van der Waals surface area contributed by atoms with Crippen molar-refractivity contribution < 1.29 is 9.53 Å². The number of nitrogens with zero attached hydrogens (tertiary/aromatic N) is 2. The summed E-state index contributed by atoms with van der Waals surface area (Å²) < 4.78 is 5.44. The number of amides is 1. The molecule has 2 aliphatic heterocycles. The maximum atomic E-state index is 12.2. The van der Waals surface area contributed by atoms with E-state index in [0.717, 1.165) is 39.1 Å². The van der Waals surface area contributed by atoms with Crippen molar-refractivity contribution >= 4 is 5.91 Å². The molecular weight excluding hydrogens is 206 g/mol. The Morgan fingerprint density at radius 1 is 1.50 bits per heavy atom. The number of piperazine rings is 1. The molecule has 0 aliphatic carbocycles. The maximum absolute atomic E-state index is 12.2. The minimum absolute atomic E-state index is 0.140. The summed E-state index contributed by atoms with van der Waals surface area (Å²) in [5.41, 5.74) is 5.73. The van der Waals surface area contributed by atoms with Crippen molar-refractivity contribution in [1.29, 1.82) is 0 Å². The second kappa shape index (κ2) is 5.12. The van der Waals surface area contributed by atoms with Crippen LogP contribution in [0.2, 0.25) is 0 Å². The van der Waals surface area contributed by atoms with Gasteiger partial charge < -0.3 is 20.3 Å². The predicted octanol–water partition coefficient (Wildman–Crippen LogP) is -0.733. The lowest BCUT2D eigenvalue weighted by Gasteiger charge is -2.40. The molecular formula is C11H21N3O2. The highest BCUT2D eigenvalue weighted by atomic mass is 16.5. The first-order valence-corrected chi connectivity index (χ1v) is 6.03. The molecule has 5 nitrogen and oxygen atoms in total. The second-order valence-corrected chi connectivity index (χ2v) is 4.69. The van der Waals surface area contributed by atoms with Gasteiger partial charge in [-0.15, -0.1) is 0 Å². The number of hydrogen-bond acceptors (Lipinski definition) is 4. The average molecular weight is 227 g/mol. The third-order valence-corrected chi connectivity index (χ3v) is 3.45. The zero-order valence-electron chi connectivity index (χ0n) is 9.89. The van der Waals surface area contributed by atoms with Gasteiger partial charge in [-0.05, 0) is 19.9 Å². The van der Waals surface area contributed by atoms with E-state index < -0.39 is 0 Å². The fourth-order valence-electron chi connectivity index (χ4n) is 2.46. The number of nitrogens with two attached hydrogens (primary N) is 1. The second-order valence-electron chi connectivity index (χ2n) is 4.69. The molecule has 1 amide bonds. The van der Waals surface area contributed by atoms with Crippen molar-refractivity contribution in [2.45, 2.75) is 25.0 Å². The SMILES string of the molecule is CN1CCN(C(=O)[C@@H]2CCCO2)C(CN)C1. The fraction of sp³-hybridized carbons (Fsp3) is 0.909. The topological polar surface area (TPSA) is 58.8 Å². The Labute approximate surface area is 96.5 Å². The minimum atomic E-state index is -0.211. The van der Waals surface area contributed by atoms with Crippen LogP contribution < -0.4 is 5.73 Å². The van der Waals surface area contributed by atoms with Gasteiger partial charge in [0, 0.05) is 32.8 Å². The highest BCUT2D eigenvalue weighted by Crippen LogP contribution is 2.17. The Kier molecular flexibility index (Phi) is 3.78. The summed E-state index contributed by atoms with van der Waals surface area (Å²) in [4.78, 5) is 16.3. The summed E-state index contributed by atoms with van der Waals surface area (Å²) in [7, 11) is 2.07. The highest BCUT2D eigenvalue weighted by molar-refractivity contribution is 5.81. The lowest BCUT2D eigenvalue weighted by molar-refractivity contribution is -0.145. The van der Waals surface area contributed by atoms with Crippen LogP contribution in [-0.4, -0.2) is 67.7 Å². The summed E-state index contributed by atoms with van der Waals surface area (Å²) in [5, 5.41) is 0. The van der Waals surface area contributed by atoms with Crippen LogP contribution in [0.3, 0.4) is 0 Å². The van der Waals surface area contributed by atoms with Crippen molar-refractivity contribution in [3.63, 3.8) is 0 Å². The molecule has 2 fully saturated rings. The standard InChI is InChI=1S/C11H21N3O2/c1-13-4-5-14(9(7-12)8-13)11(15)10-3-2-6-16-10/h9-10H,2-8,12H2,1H3/t9?,10-/m0/s1. The Morgan fingerprint density at radius 3 is 2.94 bits per heavy atom. The smallest absolute Gasteiger partial charge is 0.252 e. The first-order chi connectivity index (χ1) is 7.72. The molecule has 0 bridgehead atoms. The van der Waals surface area contributed by atoms with Gasteiger partial charge in [0.2, 0.25) is 0 Å². The molecule has 2 heterocycles. The van der Waals surface area contributed by atoms with Gasteiger partial charge >= 0.3 is 0 Å². The zero-order valence-corrected chi connectivity index (χ0v) is 9.89. The third kappa shape index (κ3) is 2.36. The van der Waals surface area contributed by atoms with E-state index in [-0.39, 0.29) is 18.1 Å². The highest BCUT2D eigenvalue weighted by Gasteiger charge is 2.34. The van der Waals surface area contributed by atoms with Gasteiger partial charge in [0.25, 0.3) is 5.91 Å². The van der Waals surface area contributed by atoms with E-state index in [1.165, 1.54) is 0 Å². The molecule has 0 aromatic rings. The van der Waals surface area contributed by atoms with Crippen LogP contribution in [0.4, 0.5) is 0 Å². The zero-order chi connectivity index (χ0) is 11.5. The number of carbonyl (C=O) groups excluding carboxylic acids is 1. The fourth-order valence-corrected chi connectivity index (χ4v) is 2.46. The molecule has 0 aromatic heterocycles. The molecule has 5 heteroatoms. The Hall–Kier alpha value is -0.650. The summed E-state index contributed by atoms with van der Waals surface area (Å²) in [5.74, 6) is 0.140. The lowest BCUT2D eigenvalue weighted by atomic mass is 10.1. The molecule has 0 radical (unpaired) electrons. The first kappa shape index (κ1) is 11.8. The van der Waals surface area contributed by atoms with Gasteiger partial charge in [-0.25, -0.2) is 0 Å². The number of rotatable bonds is 2. The molecule has 2 aliphatic rings. The predicted molar refractivity (Wildman–Crippen MR) is 61.0 cm³/mol. The van der Waals surface area contributed by atoms with E-state index in [0.29, 0.717) is 6.54 Å². The lowest BCUT2D eigenvalue weighted by Crippen LogP contribution is -2.58. The molecule has 16 heavy (non-hydrogen) atoms. The van der Waals surface area contributed by atoms with Crippen LogP contribution in [0.25, 0.3) is 0 Å². The van der Waals surface area contributed by atoms with Crippen molar-refractivity contribution in [1.82, 2.24) is 9.80 Å². The Balaban J connectivity index is 1.98. The number of hydrogen-bond donors (Lipinski definition) is 1. The van der Waals surface area contributed by atoms with Crippen LogP contribution in [0.1, 0.15) is 12.8 Å². The van der Waals surface area contributed by atoms with Gasteiger partial charge in [0.1, 0.15) is 6.10 Å². The van der Waals surface area contributed by atoms with Gasteiger partial charge in [0.15, 0.2) is 0 Å². The van der Waals surface area contributed by atoms with Crippen LogP contribution in [0.15, 0.2) is 0 Å². The van der Waals surface area contributed by atoms with E-state index >= 15 is 0 Å². The quantitative estimate of drug-likeness (QED) is 0.675. The van der Waals surface area contributed by atoms with Crippen molar-refractivity contribution in [3.8, 4) is 0 Å². The third-order valence-electron chi connectivity index (χ3n) is 3.45. The van der Waals surface area contributed by atoms with E-state index in [1.54, 1.807) is 0 Å². The summed E-state index contributed by atoms with van der Waals surface area (Å²) in [6, 6.07) is 0.149. The monoisotopic (exact) mass is 227 g/mol. The first-order valence-electron chi connectivity index (χ1n) is 6.03. The van der Waals surface area contributed by atoms with Crippen LogP contribution in [-0.2, 0) is 9.53 Å². The summed E-state index contributed by atoms with van der Waals surface area (Å²) in [6.45, 7) is 3.82. The number of likely N-dealkylation sites (N-methyl/N-ethyl adjacent to an activating group) is 1. The number of carbonyl (C=O) groups is 1. The largest absolute Gasteiger partial charge is 0.368 e. The average Bonchev–Trinajstić information content (AvgIpc) is 2.81. The van der Waals surface area contributed by atoms with Crippen molar-refractivity contribution in [3.05, 3.63) is 0 Å². The maximum Gasteiger partial charge on any atom is 0.252 e. The van der Waals surface area contributed by atoms with Gasteiger partial charge in [-0.1, -0.05) is 0 Å². The van der Waals surface area contributed by atoms with E-state index in [4.69, 9.17) is 10.5 Å². The van der Waals surface area contributed by atoms with Crippen LogP contribution in [0, 0.1) is 0 Å². The van der Waals surface area contributed by atoms with Crippen molar-refractivity contribution in [2.75, 3.05) is 39.8 Å². The Morgan fingerprint density at radius 2 is 2.31 bits per heavy atom. The molecule has 0 aromatic carbocycles. The van der Waals surface area contributed by atoms with E-state index in [1.807, 2.05) is 4.90 Å². The number of ether oxygens (including phenoxy) is 1. The van der Waals surface area contributed by atoms with Gasteiger partial charge in [-0.3, -0.25) is 4.79 Å². The molecule has 92 valence electrons. The molecule has 2 saturated heterocycles. The minimum Gasteiger partial charge on any atom is -0.368 e. The van der Waals surface area contributed by atoms with E-state index in [9.17, 15) is 4.79 Å².